The third-order valence-electron chi connectivity index (χ3n) is 6.17. The average molecular weight is 498 g/mol. The highest BCUT2D eigenvalue weighted by Gasteiger charge is 2.48. The first-order valence-corrected chi connectivity index (χ1v) is 12.1. The van der Waals surface area contributed by atoms with Gasteiger partial charge in [-0.3, -0.25) is 14.4 Å². The van der Waals surface area contributed by atoms with Crippen molar-refractivity contribution in [1.29, 1.82) is 0 Å². The molecule has 1 atom stereocenters. The molecule has 0 aliphatic carbocycles. The number of carboxylic acids is 1. The number of hydrogen-bond donors (Lipinski definition) is 1. The quantitative estimate of drug-likeness (QED) is 0.460. The van der Waals surface area contributed by atoms with Gasteiger partial charge in [-0.2, -0.15) is 5.06 Å². The van der Waals surface area contributed by atoms with Crippen molar-refractivity contribution in [2.45, 2.75) is 76.7 Å². The summed E-state index contributed by atoms with van der Waals surface area (Å²) in [5.41, 5.74) is 0.272. The molecule has 0 saturated carbocycles. The lowest BCUT2D eigenvalue weighted by Crippen LogP contribution is -2.62. The Bertz CT molecular complexity index is 1020. The van der Waals surface area contributed by atoms with Crippen molar-refractivity contribution in [3.63, 3.8) is 0 Å². The van der Waals surface area contributed by atoms with Gasteiger partial charge in [0.25, 0.3) is 0 Å². The Morgan fingerprint density at radius 3 is 2.03 bits per heavy atom. The molecule has 0 radical (unpaired) electrons. The maximum Gasteiger partial charge on any atom is 0.338 e. The molecular formula is C28H35NO7. The Labute approximate surface area is 212 Å². The first kappa shape index (κ1) is 27.4. The van der Waals surface area contributed by atoms with Crippen LogP contribution in [-0.4, -0.2) is 51.9 Å². The maximum absolute atomic E-state index is 12.6. The molecule has 1 aliphatic heterocycles. The van der Waals surface area contributed by atoms with Gasteiger partial charge in [-0.25, -0.2) is 4.79 Å². The second-order valence-corrected chi connectivity index (χ2v) is 10.3. The molecule has 1 saturated heterocycles. The van der Waals surface area contributed by atoms with Crippen LogP contribution in [-0.2, 0) is 23.9 Å². The number of benzene rings is 2. The molecule has 194 valence electrons. The molecule has 1 unspecified atom stereocenters. The number of hydrogen-bond acceptors (Lipinski definition) is 7. The second-order valence-electron chi connectivity index (χ2n) is 10.3. The van der Waals surface area contributed by atoms with Crippen LogP contribution in [0.3, 0.4) is 0 Å². The van der Waals surface area contributed by atoms with Crippen molar-refractivity contribution < 1.29 is 33.8 Å². The molecule has 1 heterocycles. The van der Waals surface area contributed by atoms with Gasteiger partial charge in [-0.1, -0.05) is 48.5 Å². The smallest absolute Gasteiger partial charge is 0.338 e. The summed E-state index contributed by atoms with van der Waals surface area (Å²) in [6.07, 6.45) is -0.334. The Morgan fingerprint density at radius 1 is 0.917 bits per heavy atom. The van der Waals surface area contributed by atoms with Gasteiger partial charge >= 0.3 is 17.9 Å². The van der Waals surface area contributed by atoms with Crippen LogP contribution < -0.4 is 0 Å². The van der Waals surface area contributed by atoms with E-state index in [1.165, 1.54) is 0 Å². The number of ether oxygens (including phenoxy) is 2. The summed E-state index contributed by atoms with van der Waals surface area (Å²) < 4.78 is 11.3. The van der Waals surface area contributed by atoms with E-state index >= 15 is 0 Å². The standard InChI is InChI=1S/C28H35NO7/c1-27(2)17-22(35-25(32)16-15-24(30)31)18-28(3,4)29(27)36-23(20-11-7-5-8-12-20)19-34-26(33)21-13-9-6-10-14-21/h5-14,22-23H,15-19H2,1-4H3,(H,30,31). The van der Waals surface area contributed by atoms with Crippen LogP contribution >= 0.6 is 0 Å². The fourth-order valence-electron chi connectivity index (χ4n) is 4.79. The number of nitrogens with zero attached hydrogens (tertiary/aromatic N) is 1. The van der Waals surface area contributed by atoms with E-state index in [-0.39, 0.29) is 25.6 Å². The van der Waals surface area contributed by atoms with Crippen LogP contribution in [0.15, 0.2) is 60.7 Å². The fourth-order valence-corrected chi connectivity index (χ4v) is 4.79. The third-order valence-corrected chi connectivity index (χ3v) is 6.17. The summed E-state index contributed by atoms with van der Waals surface area (Å²) in [7, 11) is 0. The molecule has 1 fully saturated rings. The number of piperidine rings is 1. The number of rotatable bonds is 10. The van der Waals surface area contributed by atoms with Crippen LogP contribution in [0.1, 0.15) is 75.4 Å². The zero-order chi connectivity index (χ0) is 26.3. The summed E-state index contributed by atoms with van der Waals surface area (Å²) in [6.45, 7) is 8.04. The number of carboxylic acid groups (broad SMARTS) is 1. The zero-order valence-corrected chi connectivity index (χ0v) is 21.3. The number of carbonyl (C=O) groups excluding carboxylic acids is 2. The maximum atomic E-state index is 12.6. The lowest BCUT2D eigenvalue weighted by Gasteiger charge is -2.54. The van der Waals surface area contributed by atoms with E-state index in [0.717, 1.165) is 5.56 Å². The third kappa shape index (κ3) is 7.38. The number of esters is 2. The predicted octanol–water partition coefficient (Wildman–Crippen LogP) is 4.95. The van der Waals surface area contributed by atoms with Gasteiger partial charge in [0, 0.05) is 23.9 Å². The Morgan fingerprint density at radius 2 is 1.47 bits per heavy atom. The van der Waals surface area contributed by atoms with Crippen LogP contribution in [0.5, 0.6) is 0 Å². The highest BCUT2D eigenvalue weighted by atomic mass is 16.7. The highest BCUT2D eigenvalue weighted by Crippen LogP contribution is 2.42. The Kier molecular flexibility index (Phi) is 8.87. The van der Waals surface area contributed by atoms with Crippen molar-refractivity contribution in [2.75, 3.05) is 6.61 Å². The predicted molar refractivity (Wildman–Crippen MR) is 133 cm³/mol. The number of hydroxylamine groups is 2. The minimum atomic E-state index is -1.03. The molecule has 1 N–H and O–H groups in total. The van der Waals surface area contributed by atoms with E-state index in [1.807, 2.05) is 69.2 Å². The monoisotopic (exact) mass is 497 g/mol. The molecule has 0 bridgehead atoms. The zero-order valence-electron chi connectivity index (χ0n) is 21.3. The Hall–Kier alpha value is -3.23. The SMILES string of the molecule is CC1(C)CC(OC(=O)CCC(=O)O)CC(C)(C)N1OC(COC(=O)c1ccccc1)c1ccccc1. The number of aliphatic carboxylic acids is 1. The average Bonchev–Trinajstić information content (AvgIpc) is 2.82. The van der Waals surface area contributed by atoms with Crippen molar-refractivity contribution in [1.82, 2.24) is 5.06 Å². The highest BCUT2D eigenvalue weighted by molar-refractivity contribution is 5.89. The van der Waals surface area contributed by atoms with Crippen LogP contribution in [0.25, 0.3) is 0 Å². The molecule has 0 spiro atoms. The van der Waals surface area contributed by atoms with Crippen molar-refractivity contribution >= 4 is 17.9 Å². The lowest BCUT2D eigenvalue weighted by molar-refractivity contribution is -0.320. The number of carbonyl (C=O) groups is 3. The molecule has 0 amide bonds. The molecule has 8 heteroatoms. The minimum absolute atomic E-state index is 0.0218. The van der Waals surface area contributed by atoms with E-state index in [1.54, 1.807) is 24.3 Å². The van der Waals surface area contributed by atoms with Gasteiger partial charge in [0.1, 0.15) is 18.8 Å². The topological polar surface area (TPSA) is 102 Å². The molecule has 8 nitrogen and oxygen atoms in total. The van der Waals surface area contributed by atoms with E-state index in [9.17, 15) is 14.4 Å². The summed E-state index contributed by atoms with van der Waals surface area (Å²) >= 11 is 0. The van der Waals surface area contributed by atoms with E-state index in [2.05, 4.69) is 0 Å². The lowest BCUT2D eigenvalue weighted by atomic mass is 9.80. The van der Waals surface area contributed by atoms with E-state index < -0.39 is 35.1 Å². The Balaban J connectivity index is 1.73. The van der Waals surface area contributed by atoms with Crippen LogP contribution in [0, 0.1) is 0 Å². The van der Waals surface area contributed by atoms with Crippen LogP contribution in [0.4, 0.5) is 0 Å². The van der Waals surface area contributed by atoms with Gasteiger partial charge < -0.3 is 14.6 Å². The van der Waals surface area contributed by atoms with Crippen molar-refractivity contribution in [2.24, 2.45) is 0 Å². The normalized spacial score (nSPS) is 18.2. The minimum Gasteiger partial charge on any atom is -0.481 e. The van der Waals surface area contributed by atoms with Gasteiger partial charge in [0.2, 0.25) is 0 Å². The summed E-state index contributed by atoms with van der Waals surface area (Å²) in [6, 6.07) is 18.4. The molecule has 36 heavy (non-hydrogen) atoms. The molecule has 1 aliphatic rings. The molecule has 3 rings (SSSR count). The first-order valence-electron chi connectivity index (χ1n) is 12.1. The first-order chi connectivity index (χ1) is 17.0. The van der Waals surface area contributed by atoms with E-state index in [0.29, 0.717) is 18.4 Å². The second kappa shape index (κ2) is 11.7. The van der Waals surface area contributed by atoms with Gasteiger partial charge in [-0.05, 0) is 45.4 Å². The molecular weight excluding hydrogens is 462 g/mol. The van der Waals surface area contributed by atoms with E-state index in [4.69, 9.17) is 19.4 Å². The summed E-state index contributed by atoms with van der Waals surface area (Å²) in [4.78, 5) is 42.1. The van der Waals surface area contributed by atoms with Crippen molar-refractivity contribution in [3.8, 4) is 0 Å². The van der Waals surface area contributed by atoms with Gasteiger partial charge in [0.15, 0.2) is 0 Å². The molecule has 2 aromatic rings. The summed E-state index contributed by atoms with van der Waals surface area (Å²) in [5, 5.41) is 10.7. The van der Waals surface area contributed by atoms with Gasteiger partial charge in [-0.15, -0.1) is 0 Å². The summed E-state index contributed by atoms with van der Waals surface area (Å²) in [5.74, 6) is -1.97. The largest absolute Gasteiger partial charge is 0.481 e. The van der Waals surface area contributed by atoms with Crippen molar-refractivity contribution in [3.05, 3.63) is 71.8 Å². The van der Waals surface area contributed by atoms with Crippen LogP contribution in [0.2, 0.25) is 0 Å². The fraction of sp³-hybridized carbons (Fsp3) is 0.464. The molecule has 0 aromatic heterocycles. The van der Waals surface area contributed by atoms with Gasteiger partial charge in [0.05, 0.1) is 18.4 Å². The molecule has 2 aromatic carbocycles.